The predicted octanol–water partition coefficient (Wildman–Crippen LogP) is 2.11. The van der Waals surface area contributed by atoms with E-state index in [4.69, 9.17) is 4.55 Å². The first-order valence-electron chi connectivity index (χ1n) is 3.48. The Hall–Kier alpha value is 0.420. The van der Waals surface area contributed by atoms with E-state index in [-0.39, 0.29) is 4.20 Å². The van der Waals surface area contributed by atoms with Crippen LogP contribution in [0.3, 0.4) is 0 Å². The van der Waals surface area contributed by atoms with Gasteiger partial charge in [0.2, 0.25) is 0 Å². The van der Waals surface area contributed by atoms with Crippen molar-refractivity contribution in [2.45, 2.75) is 32.6 Å². The monoisotopic (exact) mass is 212 g/mol. The Morgan fingerprint density at radius 1 is 1.55 bits per heavy atom. The van der Waals surface area contributed by atoms with Crippen LogP contribution < -0.4 is 0 Å². The average Bonchev–Trinajstić information content (AvgIpc) is 1.86. The van der Waals surface area contributed by atoms with Crippen molar-refractivity contribution in [2.24, 2.45) is 0 Å². The van der Waals surface area contributed by atoms with Crippen LogP contribution in [0, 0.1) is 0 Å². The fraction of sp³-hybridized carbons (Fsp3) is 0.833. The molecule has 0 aromatic carbocycles. The average molecular weight is 212 g/mol. The van der Waals surface area contributed by atoms with Crippen LogP contribution in [0.2, 0.25) is 0 Å². The molecule has 5 heteroatoms. The van der Waals surface area contributed by atoms with Gasteiger partial charge in [0.1, 0.15) is 4.20 Å². The molecule has 1 atom stereocenters. The molecule has 0 heterocycles. The van der Waals surface area contributed by atoms with Gasteiger partial charge in [0.15, 0.2) is 8.77 Å². The number of hydrogen-bond acceptors (Lipinski definition) is 3. The number of unbranched alkanes of at least 4 members (excludes halogenated alkanes) is 2. The lowest BCUT2D eigenvalue weighted by molar-refractivity contribution is 0.574. The summed E-state index contributed by atoms with van der Waals surface area (Å²) in [6.07, 6.45) is 3.48. The third-order valence-electron chi connectivity index (χ3n) is 1.27. The summed E-state index contributed by atoms with van der Waals surface area (Å²) in [5, 5.41) is 0. The van der Waals surface area contributed by atoms with Gasteiger partial charge in [-0.15, -0.1) is 0 Å². The molecule has 66 valence electrons. The third kappa shape index (κ3) is 5.66. The highest BCUT2D eigenvalue weighted by Crippen LogP contribution is 2.04. The molecule has 0 saturated carbocycles. The van der Waals surface area contributed by atoms with Crippen molar-refractivity contribution in [3.8, 4) is 0 Å². The van der Waals surface area contributed by atoms with Crippen LogP contribution in [-0.4, -0.2) is 13.0 Å². The molecule has 2 nitrogen and oxygen atoms in total. The zero-order valence-corrected chi connectivity index (χ0v) is 8.86. The first-order chi connectivity index (χ1) is 4.98. The van der Waals surface area contributed by atoms with Gasteiger partial charge in [0.25, 0.3) is 0 Å². The molecule has 1 N–H and O–H groups in total. The second kappa shape index (κ2) is 5.13. The van der Waals surface area contributed by atoms with Crippen LogP contribution >= 0.6 is 12.2 Å². The van der Waals surface area contributed by atoms with Crippen LogP contribution in [0.4, 0.5) is 0 Å². The van der Waals surface area contributed by atoms with Crippen LogP contribution in [0.5, 0.6) is 0 Å². The van der Waals surface area contributed by atoms with E-state index in [9.17, 15) is 4.21 Å². The molecule has 0 saturated heterocycles. The lowest BCUT2D eigenvalue weighted by Gasteiger charge is -2.00. The van der Waals surface area contributed by atoms with Gasteiger partial charge in [-0.2, -0.15) is 0 Å². The molecular formula is C6H12O2S3. The molecule has 0 spiro atoms. The minimum Gasteiger partial charge on any atom is -0.302 e. The molecule has 0 aliphatic carbocycles. The second-order valence-electron chi connectivity index (χ2n) is 2.30. The fourth-order valence-electron chi connectivity index (χ4n) is 0.648. The van der Waals surface area contributed by atoms with Gasteiger partial charge in [-0.05, 0) is 12.8 Å². The zero-order chi connectivity index (χ0) is 8.91. The Labute approximate surface area is 77.9 Å². The van der Waals surface area contributed by atoms with Crippen molar-refractivity contribution in [3.05, 3.63) is 0 Å². The van der Waals surface area contributed by atoms with Gasteiger partial charge in [-0.1, -0.05) is 32.0 Å². The number of rotatable bonds is 4. The molecule has 0 amide bonds. The van der Waals surface area contributed by atoms with Crippen LogP contribution in [-0.2, 0) is 20.0 Å². The number of hydrogen-bond donors (Lipinski definition) is 1. The fourth-order valence-corrected chi connectivity index (χ4v) is 1.44. The Bertz CT molecular complexity index is 218. The van der Waals surface area contributed by atoms with E-state index in [2.05, 4.69) is 30.3 Å². The van der Waals surface area contributed by atoms with Gasteiger partial charge in [-0.3, -0.25) is 0 Å². The summed E-state index contributed by atoms with van der Waals surface area (Å²) >= 11 is 8.97. The molecule has 0 aliphatic rings. The summed E-state index contributed by atoms with van der Waals surface area (Å²) in [5.41, 5.74) is 0. The van der Waals surface area contributed by atoms with Gasteiger partial charge >= 0.3 is 0 Å². The van der Waals surface area contributed by atoms with E-state index in [1.165, 1.54) is 0 Å². The highest BCUT2D eigenvalue weighted by molar-refractivity contribution is 8.42. The molecule has 0 aliphatic heterocycles. The summed E-state index contributed by atoms with van der Waals surface area (Å²) in [7, 11) is -3.22. The smallest absolute Gasteiger partial charge is 0.177 e. The molecule has 1 unspecified atom stereocenters. The van der Waals surface area contributed by atoms with Crippen molar-refractivity contribution in [1.82, 2.24) is 0 Å². The molecule has 0 fully saturated rings. The summed E-state index contributed by atoms with van der Waals surface area (Å²) < 4.78 is 19.6. The summed E-state index contributed by atoms with van der Waals surface area (Å²) in [5.74, 6) is 0. The standard InChI is InChI=1S/C6H12O2S3/c1-2-3-4-5-6(9)11(7,8)10/h2-5H2,1H3,(H,7,8,10). The van der Waals surface area contributed by atoms with E-state index in [0.717, 1.165) is 19.3 Å². The maximum Gasteiger partial charge on any atom is 0.177 e. The van der Waals surface area contributed by atoms with Crippen molar-refractivity contribution in [2.75, 3.05) is 0 Å². The quantitative estimate of drug-likeness (QED) is 0.572. The Morgan fingerprint density at radius 3 is 2.45 bits per heavy atom. The predicted molar refractivity (Wildman–Crippen MR) is 54.9 cm³/mol. The van der Waals surface area contributed by atoms with Gasteiger partial charge in [0.05, 0.1) is 0 Å². The molecule has 0 bridgehead atoms. The summed E-state index contributed by atoms with van der Waals surface area (Å²) in [4.78, 5) is 0. The largest absolute Gasteiger partial charge is 0.302 e. The van der Waals surface area contributed by atoms with Crippen LogP contribution in [0.15, 0.2) is 0 Å². The third-order valence-corrected chi connectivity index (χ3v) is 3.85. The Balaban J connectivity index is 3.72. The van der Waals surface area contributed by atoms with Crippen molar-refractivity contribution < 1.29 is 8.76 Å². The molecule has 11 heavy (non-hydrogen) atoms. The Morgan fingerprint density at radius 2 is 2.09 bits per heavy atom. The molecule has 0 radical (unpaired) electrons. The van der Waals surface area contributed by atoms with E-state index in [1.807, 2.05) is 0 Å². The van der Waals surface area contributed by atoms with E-state index in [0.29, 0.717) is 6.42 Å². The van der Waals surface area contributed by atoms with Crippen molar-refractivity contribution >= 4 is 36.4 Å². The van der Waals surface area contributed by atoms with Crippen LogP contribution in [0.25, 0.3) is 0 Å². The minimum atomic E-state index is -3.22. The lowest BCUT2D eigenvalue weighted by atomic mass is 10.2. The highest BCUT2D eigenvalue weighted by Gasteiger charge is 2.07. The topological polar surface area (TPSA) is 37.3 Å². The van der Waals surface area contributed by atoms with Gasteiger partial charge < -0.3 is 4.55 Å². The van der Waals surface area contributed by atoms with Crippen molar-refractivity contribution in [1.29, 1.82) is 0 Å². The minimum absolute atomic E-state index is 0.126. The molecule has 0 aromatic rings. The zero-order valence-electron chi connectivity index (χ0n) is 6.41. The highest BCUT2D eigenvalue weighted by atomic mass is 32.8. The van der Waals surface area contributed by atoms with Crippen LogP contribution in [0.1, 0.15) is 32.6 Å². The van der Waals surface area contributed by atoms with Crippen molar-refractivity contribution in [3.63, 3.8) is 0 Å². The molecular weight excluding hydrogens is 200 g/mol. The van der Waals surface area contributed by atoms with Gasteiger partial charge in [0, 0.05) is 11.2 Å². The first kappa shape index (κ1) is 11.4. The summed E-state index contributed by atoms with van der Waals surface area (Å²) in [6, 6.07) is 0. The summed E-state index contributed by atoms with van der Waals surface area (Å²) in [6.45, 7) is 2.06. The van der Waals surface area contributed by atoms with Gasteiger partial charge in [-0.25, -0.2) is 4.21 Å². The second-order valence-corrected chi connectivity index (χ2v) is 5.85. The van der Waals surface area contributed by atoms with E-state index in [1.54, 1.807) is 0 Å². The maximum absolute atomic E-state index is 10.7. The van der Waals surface area contributed by atoms with E-state index < -0.39 is 8.77 Å². The number of thiocarbonyl (C=S) groups is 1. The Kier molecular flexibility index (Phi) is 5.33. The molecule has 0 aromatic heterocycles. The normalized spacial score (nSPS) is 15.8. The van der Waals surface area contributed by atoms with E-state index >= 15 is 0 Å². The SMILES string of the molecule is CCCCCC(=S)S(=O)(O)=S. The molecule has 0 rings (SSSR count). The lowest BCUT2D eigenvalue weighted by Crippen LogP contribution is -2.08. The first-order valence-corrected chi connectivity index (χ1v) is 6.33. The maximum atomic E-state index is 10.7.